The highest BCUT2D eigenvalue weighted by Crippen LogP contribution is 2.32. The van der Waals surface area contributed by atoms with Crippen molar-refractivity contribution in [1.29, 1.82) is 0 Å². The van der Waals surface area contributed by atoms with Crippen molar-refractivity contribution in [3.05, 3.63) is 89.6 Å². The Kier molecular flexibility index (Phi) is 8.23. The van der Waals surface area contributed by atoms with Crippen molar-refractivity contribution in [1.82, 2.24) is 24.8 Å². The fourth-order valence-electron chi connectivity index (χ4n) is 4.64. The lowest BCUT2D eigenvalue weighted by Gasteiger charge is -2.16. The van der Waals surface area contributed by atoms with E-state index in [2.05, 4.69) is 25.4 Å². The van der Waals surface area contributed by atoms with Crippen molar-refractivity contribution in [2.75, 3.05) is 19.0 Å². The van der Waals surface area contributed by atoms with Gasteiger partial charge in [0.05, 0.1) is 37.9 Å². The minimum Gasteiger partial charge on any atom is -0.496 e. The predicted octanol–water partition coefficient (Wildman–Crippen LogP) is 5.45. The van der Waals surface area contributed by atoms with Gasteiger partial charge in [-0.1, -0.05) is 43.7 Å². The van der Waals surface area contributed by atoms with Gasteiger partial charge in [-0.05, 0) is 64.2 Å². The van der Waals surface area contributed by atoms with Gasteiger partial charge in [0.1, 0.15) is 5.75 Å². The molecule has 11 nitrogen and oxygen atoms in total. The first-order valence-corrected chi connectivity index (χ1v) is 13.2. The van der Waals surface area contributed by atoms with Crippen molar-refractivity contribution < 1.29 is 24.2 Å². The zero-order valence-corrected chi connectivity index (χ0v) is 22.8. The molecule has 0 aliphatic heterocycles. The summed E-state index contributed by atoms with van der Waals surface area (Å²) < 4.78 is 14.7. The number of carbonyl (C=O) groups excluding carboxylic acids is 1. The van der Waals surface area contributed by atoms with Crippen molar-refractivity contribution >= 4 is 28.7 Å². The Morgan fingerprint density at radius 1 is 1.02 bits per heavy atom. The monoisotopic (exact) mass is 554 g/mol. The van der Waals surface area contributed by atoms with Gasteiger partial charge in [-0.15, -0.1) is 5.10 Å². The molecule has 0 unspecified atom stereocenters. The van der Waals surface area contributed by atoms with E-state index in [0.717, 1.165) is 40.4 Å². The van der Waals surface area contributed by atoms with Crippen molar-refractivity contribution in [2.24, 2.45) is 0 Å². The third-order valence-electron chi connectivity index (χ3n) is 6.71. The van der Waals surface area contributed by atoms with Crippen LogP contribution in [0.15, 0.2) is 72.9 Å². The average molecular weight is 555 g/mol. The smallest absolute Gasteiger partial charge is 0.411 e. The number of hydrogen-bond acceptors (Lipinski definition) is 7. The molecule has 0 saturated carbocycles. The fourth-order valence-corrected chi connectivity index (χ4v) is 4.64. The summed E-state index contributed by atoms with van der Waals surface area (Å²) in [6.45, 7) is 3.14. The summed E-state index contributed by atoms with van der Waals surface area (Å²) in [7, 11) is 1.61. The Balaban J connectivity index is 1.46. The molecule has 0 atom stereocenters. The van der Waals surface area contributed by atoms with Crippen LogP contribution in [0, 0.1) is 0 Å². The number of unbranched alkanes of at least 4 members (excludes halogenated alkanes) is 1. The lowest BCUT2D eigenvalue weighted by molar-refractivity contribution is 0.0696. The molecule has 2 N–H and O–H groups in total. The first-order chi connectivity index (χ1) is 20.0. The summed E-state index contributed by atoms with van der Waals surface area (Å²) >= 11 is 0. The van der Waals surface area contributed by atoms with Gasteiger partial charge in [0.2, 0.25) is 0 Å². The number of tetrazole rings is 1. The summed E-state index contributed by atoms with van der Waals surface area (Å²) in [5.74, 6) is 0.193. The number of methoxy groups -OCH3 is 1. The Morgan fingerprint density at radius 3 is 2.68 bits per heavy atom. The molecule has 5 rings (SSSR count). The highest BCUT2D eigenvalue weighted by molar-refractivity contribution is 5.90. The van der Waals surface area contributed by atoms with Crippen LogP contribution >= 0.6 is 0 Å². The third kappa shape index (κ3) is 6.19. The molecule has 210 valence electrons. The topological polar surface area (TPSA) is 133 Å². The molecule has 0 aliphatic carbocycles. The number of fused-ring (bicyclic) bond motifs is 1. The molecule has 0 bridgehead atoms. The van der Waals surface area contributed by atoms with E-state index in [-0.39, 0.29) is 12.1 Å². The largest absolute Gasteiger partial charge is 0.496 e. The molecule has 0 aliphatic rings. The number of benzene rings is 3. The molecular weight excluding hydrogens is 524 g/mol. The number of carboxylic acids is 1. The summed E-state index contributed by atoms with van der Waals surface area (Å²) in [5, 5.41) is 25.6. The van der Waals surface area contributed by atoms with Crippen molar-refractivity contribution in [3.63, 3.8) is 0 Å². The second-order valence-corrected chi connectivity index (χ2v) is 9.48. The molecule has 3 aromatic carbocycles. The summed E-state index contributed by atoms with van der Waals surface area (Å²) in [6.07, 6.45) is 3.25. The number of nitrogens with zero attached hydrogens (tertiary/aromatic N) is 5. The second kappa shape index (κ2) is 12.3. The Morgan fingerprint density at radius 2 is 1.88 bits per heavy atom. The van der Waals surface area contributed by atoms with Gasteiger partial charge in [0.25, 0.3) is 0 Å². The van der Waals surface area contributed by atoms with Crippen LogP contribution in [0.4, 0.5) is 10.5 Å². The van der Waals surface area contributed by atoms with Crippen molar-refractivity contribution in [3.8, 4) is 17.1 Å². The molecule has 11 heteroatoms. The van der Waals surface area contributed by atoms with E-state index in [9.17, 15) is 14.7 Å². The molecule has 2 heterocycles. The molecule has 2 aromatic heterocycles. The predicted molar refractivity (Wildman–Crippen MR) is 153 cm³/mol. The van der Waals surface area contributed by atoms with E-state index in [1.54, 1.807) is 30.0 Å². The zero-order chi connectivity index (χ0) is 28.8. The second-order valence-electron chi connectivity index (χ2n) is 9.48. The summed E-state index contributed by atoms with van der Waals surface area (Å²) in [6, 6.07) is 20.1. The van der Waals surface area contributed by atoms with Gasteiger partial charge in [-0.3, -0.25) is 5.32 Å². The summed E-state index contributed by atoms with van der Waals surface area (Å²) in [4.78, 5) is 23.6. The number of rotatable bonds is 11. The number of nitrogens with one attached hydrogen (secondary N) is 1. The Bertz CT molecular complexity index is 1690. The Hall–Kier alpha value is -5.19. The number of aromatic carboxylic acids is 1. The fraction of sp³-hybridized carbons (Fsp3) is 0.233. The minimum atomic E-state index is -0.996. The molecule has 41 heavy (non-hydrogen) atoms. The molecule has 1 amide bonds. The van der Waals surface area contributed by atoms with Gasteiger partial charge in [0, 0.05) is 23.0 Å². The van der Waals surface area contributed by atoms with Gasteiger partial charge < -0.3 is 19.1 Å². The van der Waals surface area contributed by atoms with E-state index in [1.165, 1.54) is 0 Å². The molecule has 0 spiro atoms. The van der Waals surface area contributed by atoms with Crippen LogP contribution in [0.1, 0.15) is 41.3 Å². The van der Waals surface area contributed by atoms with Gasteiger partial charge in [0.15, 0.2) is 5.82 Å². The van der Waals surface area contributed by atoms with Crippen LogP contribution in [0.3, 0.4) is 0 Å². The third-order valence-corrected chi connectivity index (χ3v) is 6.71. The number of carboxylic acid groups (broad SMARTS) is 1. The quantitative estimate of drug-likeness (QED) is 0.206. The van der Waals surface area contributed by atoms with Crippen LogP contribution in [0.2, 0.25) is 0 Å². The average Bonchev–Trinajstić information content (AvgIpc) is 3.60. The van der Waals surface area contributed by atoms with E-state index >= 15 is 0 Å². The first kappa shape index (κ1) is 27.4. The van der Waals surface area contributed by atoms with Crippen LogP contribution in [-0.2, 0) is 17.8 Å². The molecule has 0 radical (unpaired) electrons. The van der Waals surface area contributed by atoms with E-state index in [0.29, 0.717) is 30.4 Å². The van der Waals surface area contributed by atoms with Gasteiger partial charge >= 0.3 is 12.1 Å². The van der Waals surface area contributed by atoms with Crippen LogP contribution in [0.5, 0.6) is 5.75 Å². The van der Waals surface area contributed by atoms with E-state index < -0.39 is 12.1 Å². The van der Waals surface area contributed by atoms with Gasteiger partial charge in [-0.2, -0.15) is 0 Å². The maximum atomic E-state index is 12.2. The highest BCUT2D eigenvalue weighted by atomic mass is 16.5. The molecular formula is C30H30N6O5. The molecule has 5 aromatic rings. The number of aromatic nitrogens is 5. The number of hydrogen-bond donors (Lipinski definition) is 2. The minimum absolute atomic E-state index is 0.196. The number of anilines is 1. The summed E-state index contributed by atoms with van der Waals surface area (Å²) in [5.41, 5.74) is 4.14. The standard InChI is InChI=1S/C30H30N6O5/c1-3-4-15-41-30(39)31-23-12-11-21-13-14-35(26(21)17-23)19-25-24(9-6-10-27(25)40-2)28-32-33-34-36(28)18-20-7-5-8-22(16-20)29(37)38/h5-14,16-17H,3-4,15,18-19H2,1-2H3,(H,31,39)(H,37,38). The maximum Gasteiger partial charge on any atom is 0.411 e. The van der Waals surface area contributed by atoms with E-state index in [4.69, 9.17) is 9.47 Å². The zero-order valence-electron chi connectivity index (χ0n) is 22.8. The Labute approximate surface area is 236 Å². The maximum absolute atomic E-state index is 12.2. The first-order valence-electron chi connectivity index (χ1n) is 13.2. The molecule has 0 fully saturated rings. The lowest BCUT2D eigenvalue weighted by atomic mass is 10.0. The SMILES string of the molecule is CCCCOC(=O)Nc1ccc2ccn(Cc3c(OC)cccc3-c3nnnn3Cc3cccc(C(=O)O)c3)c2c1. The number of carbonyl (C=O) groups is 2. The van der Waals surface area contributed by atoms with Crippen LogP contribution < -0.4 is 10.1 Å². The normalized spacial score (nSPS) is 11.0. The van der Waals surface area contributed by atoms with E-state index in [1.807, 2.05) is 61.7 Å². The highest BCUT2D eigenvalue weighted by Gasteiger charge is 2.19. The van der Waals surface area contributed by atoms with Crippen molar-refractivity contribution in [2.45, 2.75) is 32.9 Å². The van der Waals surface area contributed by atoms with Crippen LogP contribution in [0.25, 0.3) is 22.3 Å². The van der Waals surface area contributed by atoms with Gasteiger partial charge in [-0.25, -0.2) is 14.3 Å². The number of ether oxygens (including phenoxy) is 2. The van der Waals surface area contributed by atoms with Crippen LogP contribution in [-0.4, -0.2) is 55.7 Å². The number of amides is 1. The lowest BCUT2D eigenvalue weighted by Crippen LogP contribution is -2.14. The molecule has 0 saturated heterocycles.